The number of ether oxygens (including phenoxy) is 2. The highest BCUT2D eigenvalue weighted by Crippen LogP contribution is 2.35. The minimum atomic E-state index is -0.473. The lowest BCUT2D eigenvalue weighted by Crippen LogP contribution is -1.99. The van der Waals surface area contributed by atoms with Crippen molar-refractivity contribution < 1.29 is 19.2 Å². The van der Waals surface area contributed by atoms with Gasteiger partial charge in [-0.05, 0) is 39.7 Å². The molecule has 3 rings (SSSR count). The third kappa shape index (κ3) is 4.06. The second-order valence-corrected chi connectivity index (χ2v) is 6.23. The Labute approximate surface area is 152 Å². The SMILES string of the molecule is O=C(/C=C/c1cccc([N+](=O)[O-])c1)c1cc2c(cc1Br)OCCCO2. The second-order valence-electron chi connectivity index (χ2n) is 5.38. The maximum atomic E-state index is 12.5. The van der Waals surface area contributed by atoms with Crippen LogP contribution in [0.1, 0.15) is 22.3 Å². The van der Waals surface area contributed by atoms with Gasteiger partial charge < -0.3 is 9.47 Å². The third-order valence-corrected chi connectivity index (χ3v) is 4.27. The summed E-state index contributed by atoms with van der Waals surface area (Å²) in [4.78, 5) is 22.8. The van der Waals surface area contributed by atoms with Crippen LogP contribution in [0.4, 0.5) is 5.69 Å². The molecule has 7 heteroatoms. The zero-order chi connectivity index (χ0) is 17.8. The lowest BCUT2D eigenvalue weighted by molar-refractivity contribution is -0.384. The summed E-state index contributed by atoms with van der Waals surface area (Å²) < 4.78 is 11.8. The lowest BCUT2D eigenvalue weighted by atomic mass is 10.1. The van der Waals surface area contributed by atoms with E-state index in [2.05, 4.69) is 15.9 Å². The Hall–Kier alpha value is -2.67. The van der Waals surface area contributed by atoms with Gasteiger partial charge in [0.1, 0.15) is 0 Å². The number of rotatable bonds is 4. The molecule has 0 aliphatic carbocycles. The first-order valence-corrected chi connectivity index (χ1v) is 8.40. The van der Waals surface area contributed by atoms with Crippen molar-refractivity contribution in [2.24, 2.45) is 0 Å². The molecule has 2 aromatic rings. The first kappa shape index (κ1) is 17.2. The van der Waals surface area contributed by atoms with Gasteiger partial charge in [-0.25, -0.2) is 0 Å². The highest BCUT2D eigenvalue weighted by molar-refractivity contribution is 9.10. The molecular formula is C18H14BrNO5. The van der Waals surface area contributed by atoms with Gasteiger partial charge >= 0.3 is 0 Å². The Bertz CT molecular complexity index is 863. The van der Waals surface area contributed by atoms with E-state index < -0.39 is 4.92 Å². The number of carbonyl (C=O) groups is 1. The number of carbonyl (C=O) groups excluding carboxylic acids is 1. The molecule has 0 N–H and O–H groups in total. The largest absolute Gasteiger partial charge is 0.490 e. The molecule has 0 radical (unpaired) electrons. The summed E-state index contributed by atoms with van der Waals surface area (Å²) in [6, 6.07) is 9.44. The number of non-ortho nitro benzene ring substituents is 1. The number of ketones is 1. The van der Waals surface area contributed by atoms with Gasteiger partial charge in [-0.1, -0.05) is 18.2 Å². The Morgan fingerprint density at radius 1 is 1.16 bits per heavy atom. The molecule has 0 unspecified atom stereocenters. The first-order valence-electron chi connectivity index (χ1n) is 7.60. The van der Waals surface area contributed by atoms with Crippen molar-refractivity contribution in [2.75, 3.05) is 13.2 Å². The fraction of sp³-hybridized carbons (Fsp3) is 0.167. The maximum absolute atomic E-state index is 12.5. The predicted molar refractivity (Wildman–Crippen MR) is 96.2 cm³/mol. The van der Waals surface area contributed by atoms with Crippen molar-refractivity contribution in [1.82, 2.24) is 0 Å². The summed E-state index contributed by atoms with van der Waals surface area (Å²) in [5.41, 5.74) is 0.991. The monoisotopic (exact) mass is 403 g/mol. The number of nitro groups is 1. The van der Waals surface area contributed by atoms with Crippen LogP contribution in [0.5, 0.6) is 11.5 Å². The summed E-state index contributed by atoms with van der Waals surface area (Å²) >= 11 is 3.38. The van der Waals surface area contributed by atoms with Crippen LogP contribution in [0, 0.1) is 10.1 Å². The number of nitrogens with zero attached hydrogens (tertiary/aromatic N) is 1. The molecule has 0 amide bonds. The van der Waals surface area contributed by atoms with Crippen LogP contribution in [-0.4, -0.2) is 23.9 Å². The van der Waals surface area contributed by atoms with Crippen molar-refractivity contribution in [2.45, 2.75) is 6.42 Å². The van der Waals surface area contributed by atoms with Crippen LogP contribution in [0.15, 0.2) is 46.9 Å². The van der Waals surface area contributed by atoms with E-state index in [1.54, 1.807) is 30.3 Å². The fourth-order valence-electron chi connectivity index (χ4n) is 2.38. The van der Waals surface area contributed by atoms with Gasteiger partial charge in [-0.15, -0.1) is 0 Å². The quantitative estimate of drug-likeness (QED) is 0.326. The molecule has 0 fully saturated rings. The number of hydrogen-bond donors (Lipinski definition) is 0. The smallest absolute Gasteiger partial charge is 0.270 e. The number of benzene rings is 2. The van der Waals surface area contributed by atoms with E-state index in [-0.39, 0.29) is 11.5 Å². The minimum Gasteiger partial charge on any atom is -0.490 e. The molecule has 0 bridgehead atoms. The van der Waals surface area contributed by atoms with Gasteiger partial charge in [0.2, 0.25) is 0 Å². The van der Waals surface area contributed by atoms with Gasteiger partial charge in [0.05, 0.1) is 18.1 Å². The van der Waals surface area contributed by atoms with Gasteiger partial charge in [0.25, 0.3) is 5.69 Å². The van der Waals surface area contributed by atoms with Crippen molar-refractivity contribution in [3.8, 4) is 11.5 Å². The first-order chi connectivity index (χ1) is 12.0. The number of fused-ring (bicyclic) bond motifs is 1. The van der Waals surface area contributed by atoms with Crippen molar-refractivity contribution >= 4 is 33.5 Å². The van der Waals surface area contributed by atoms with E-state index in [0.29, 0.717) is 40.3 Å². The molecule has 0 saturated carbocycles. The normalized spacial score (nSPS) is 13.5. The molecule has 25 heavy (non-hydrogen) atoms. The Balaban J connectivity index is 1.85. The molecule has 6 nitrogen and oxygen atoms in total. The summed E-state index contributed by atoms with van der Waals surface area (Å²) in [5, 5.41) is 10.8. The third-order valence-electron chi connectivity index (χ3n) is 3.61. The van der Waals surface area contributed by atoms with Gasteiger partial charge in [0, 0.05) is 28.6 Å². The summed E-state index contributed by atoms with van der Waals surface area (Å²) in [7, 11) is 0. The summed E-state index contributed by atoms with van der Waals surface area (Å²) in [5.74, 6) is 0.894. The topological polar surface area (TPSA) is 78.7 Å². The highest BCUT2D eigenvalue weighted by Gasteiger charge is 2.16. The van der Waals surface area contributed by atoms with Crippen LogP contribution < -0.4 is 9.47 Å². The molecule has 1 aliphatic rings. The standard InChI is InChI=1S/C18H14BrNO5/c19-15-11-18-17(24-7-2-8-25-18)10-14(15)16(21)6-5-12-3-1-4-13(9-12)20(22)23/h1,3-6,9-11H,2,7-8H2/b6-5+. The van der Waals surface area contributed by atoms with E-state index >= 15 is 0 Å². The molecule has 0 aromatic heterocycles. The lowest BCUT2D eigenvalue weighted by Gasteiger charge is -2.10. The van der Waals surface area contributed by atoms with E-state index in [1.165, 1.54) is 18.2 Å². The highest BCUT2D eigenvalue weighted by atomic mass is 79.9. The average Bonchev–Trinajstić information content (AvgIpc) is 2.84. The maximum Gasteiger partial charge on any atom is 0.270 e. The molecule has 1 aliphatic heterocycles. The molecule has 0 spiro atoms. The summed E-state index contributed by atoms with van der Waals surface area (Å²) in [6.45, 7) is 1.10. The van der Waals surface area contributed by atoms with Crippen LogP contribution in [0.2, 0.25) is 0 Å². The van der Waals surface area contributed by atoms with Crippen LogP contribution >= 0.6 is 15.9 Å². The molecule has 0 saturated heterocycles. The van der Waals surface area contributed by atoms with Gasteiger partial charge in [-0.3, -0.25) is 14.9 Å². The van der Waals surface area contributed by atoms with E-state index in [1.807, 2.05) is 0 Å². The van der Waals surface area contributed by atoms with Gasteiger partial charge in [0.15, 0.2) is 17.3 Å². The van der Waals surface area contributed by atoms with E-state index in [4.69, 9.17) is 9.47 Å². The second kappa shape index (κ2) is 7.48. The summed E-state index contributed by atoms with van der Waals surface area (Å²) in [6.07, 6.45) is 3.70. The molecular weight excluding hydrogens is 390 g/mol. The Morgan fingerprint density at radius 3 is 2.60 bits per heavy atom. The average molecular weight is 404 g/mol. The van der Waals surface area contributed by atoms with Crippen LogP contribution in [-0.2, 0) is 0 Å². The Morgan fingerprint density at radius 2 is 1.88 bits per heavy atom. The number of halogens is 1. The van der Waals surface area contributed by atoms with Gasteiger partial charge in [-0.2, -0.15) is 0 Å². The molecule has 2 aromatic carbocycles. The van der Waals surface area contributed by atoms with E-state index in [9.17, 15) is 14.9 Å². The van der Waals surface area contributed by atoms with E-state index in [0.717, 1.165) is 6.42 Å². The molecule has 0 atom stereocenters. The van der Waals surface area contributed by atoms with Crippen LogP contribution in [0.3, 0.4) is 0 Å². The number of hydrogen-bond acceptors (Lipinski definition) is 5. The fourth-order valence-corrected chi connectivity index (χ4v) is 2.89. The van der Waals surface area contributed by atoms with Crippen molar-refractivity contribution in [3.63, 3.8) is 0 Å². The van der Waals surface area contributed by atoms with Crippen LogP contribution in [0.25, 0.3) is 6.08 Å². The minimum absolute atomic E-state index is 0.0219. The Kier molecular flexibility index (Phi) is 5.14. The molecule has 1 heterocycles. The van der Waals surface area contributed by atoms with Crippen molar-refractivity contribution in [1.29, 1.82) is 0 Å². The number of allylic oxidation sites excluding steroid dienone is 1. The predicted octanol–water partition coefficient (Wildman–Crippen LogP) is 4.41. The van der Waals surface area contributed by atoms with Crippen molar-refractivity contribution in [3.05, 3.63) is 68.2 Å². The zero-order valence-corrected chi connectivity index (χ0v) is 14.7. The zero-order valence-electron chi connectivity index (χ0n) is 13.1. The molecule has 128 valence electrons. The number of nitro benzene ring substituents is 1.